The predicted octanol–water partition coefficient (Wildman–Crippen LogP) is 1.75. The van der Waals surface area contributed by atoms with Crippen molar-refractivity contribution in [1.82, 2.24) is 9.80 Å². The van der Waals surface area contributed by atoms with E-state index in [1.807, 2.05) is 31.2 Å². The number of carbonyl (C=O) groups excluding carboxylic acids is 1. The number of aliphatic hydroxyl groups is 1. The van der Waals surface area contributed by atoms with Crippen LogP contribution in [0.2, 0.25) is 0 Å². The second-order valence-electron chi connectivity index (χ2n) is 5.99. The molecule has 1 aliphatic rings. The number of carbonyl (C=O) groups is 1. The fourth-order valence-electron chi connectivity index (χ4n) is 2.54. The Balaban J connectivity index is 2.11. The lowest BCUT2D eigenvalue weighted by molar-refractivity contribution is -0.128. The Labute approximate surface area is 153 Å². The summed E-state index contributed by atoms with van der Waals surface area (Å²) in [5, 5.41) is 15.0. The summed E-state index contributed by atoms with van der Waals surface area (Å²) in [5.41, 5.74) is -0.542. The first-order valence-electron chi connectivity index (χ1n) is 8.31. The van der Waals surface area contributed by atoms with Crippen molar-refractivity contribution in [2.75, 3.05) is 27.7 Å². The number of amides is 1. The zero-order valence-electron chi connectivity index (χ0n) is 15.5. The highest BCUT2D eigenvalue weighted by atomic mass is 16.6. The lowest BCUT2D eigenvalue weighted by atomic mass is 9.98. The number of methoxy groups -OCH3 is 1. The minimum atomic E-state index is -1.66. The molecular formula is C19H25N3O4. The van der Waals surface area contributed by atoms with Gasteiger partial charge in [0.1, 0.15) is 18.6 Å². The highest BCUT2D eigenvalue weighted by Crippen LogP contribution is 2.26. The molecule has 0 bridgehead atoms. The van der Waals surface area contributed by atoms with Crippen molar-refractivity contribution in [2.24, 2.45) is 5.16 Å². The first-order valence-corrected chi connectivity index (χ1v) is 8.31. The van der Waals surface area contributed by atoms with E-state index in [-0.39, 0.29) is 18.1 Å². The molecule has 1 amide bonds. The minimum Gasteiger partial charge on any atom is -0.497 e. The molecule has 0 aliphatic carbocycles. The van der Waals surface area contributed by atoms with E-state index >= 15 is 0 Å². The maximum atomic E-state index is 12.4. The second kappa shape index (κ2) is 8.53. The van der Waals surface area contributed by atoms with Crippen LogP contribution < -0.4 is 4.74 Å². The van der Waals surface area contributed by atoms with Gasteiger partial charge in [-0.2, -0.15) is 0 Å². The van der Waals surface area contributed by atoms with Crippen LogP contribution in [0, 0.1) is 0 Å². The molecule has 1 atom stereocenters. The Morgan fingerprint density at radius 2 is 2.04 bits per heavy atom. The van der Waals surface area contributed by atoms with Gasteiger partial charge in [-0.3, -0.25) is 4.79 Å². The summed E-state index contributed by atoms with van der Waals surface area (Å²) in [6.07, 6.45) is 6.27. The van der Waals surface area contributed by atoms with Crippen molar-refractivity contribution < 1.29 is 19.5 Å². The van der Waals surface area contributed by atoms with Gasteiger partial charge in [-0.25, -0.2) is 0 Å². The summed E-state index contributed by atoms with van der Waals surface area (Å²) in [6, 6.07) is 7.39. The third kappa shape index (κ3) is 4.23. The summed E-state index contributed by atoms with van der Waals surface area (Å²) in [7, 11) is 4.87. The van der Waals surface area contributed by atoms with Gasteiger partial charge in [0, 0.05) is 26.8 Å². The monoisotopic (exact) mass is 359 g/mol. The van der Waals surface area contributed by atoms with Crippen molar-refractivity contribution in [3.05, 3.63) is 53.8 Å². The number of oxime groups is 1. The molecule has 0 saturated carbocycles. The zero-order chi connectivity index (χ0) is 19.2. The van der Waals surface area contributed by atoms with Crippen LogP contribution in [0.15, 0.2) is 53.3 Å². The van der Waals surface area contributed by atoms with E-state index in [4.69, 9.17) is 9.57 Å². The molecule has 26 heavy (non-hydrogen) atoms. The molecule has 2 rings (SSSR count). The first kappa shape index (κ1) is 19.5. The molecule has 0 saturated heterocycles. The van der Waals surface area contributed by atoms with Crippen LogP contribution in [-0.2, 0) is 16.2 Å². The van der Waals surface area contributed by atoms with Crippen molar-refractivity contribution >= 4 is 12.1 Å². The van der Waals surface area contributed by atoms with Gasteiger partial charge in [0.25, 0.3) is 5.91 Å². The van der Waals surface area contributed by atoms with Gasteiger partial charge in [-0.1, -0.05) is 17.3 Å². The lowest BCUT2D eigenvalue weighted by Crippen LogP contribution is -2.53. The normalized spacial score (nSPS) is 19.4. The number of hydrogen-bond acceptors (Lipinski definition) is 6. The largest absolute Gasteiger partial charge is 0.497 e. The van der Waals surface area contributed by atoms with Crippen LogP contribution in [-0.4, -0.2) is 60.5 Å². The number of benzene rings is 1. The third-order valence-corrected chi connectivity index (χ3v) is 4.04. The molecule has 140 valence electrons. The second-order valence-corrected chi connectivity index (χ2v) is 5.99. The summed E-state index contributed by atoms with van der Waals surface area (Å²) >= 11 is 0. The lowest BCUT2D eigenvalue weighted by Gasteiger charge is -2.38. The summed E-state index contributed by atoms with van der Waals surface area (Å²) in [4.78, 5) is 20.7. The van der Waals surface area contributed by atoms with Gasteiger partial charge in [-0.05, 0) is 36.8 Å². The first-order chi connectivity index (χ1) is 12.4. The van der Waals surface area contributed by atoms with E-state index in [9.17, 15) is 9.90 Å². The Morgan fingerprint density at radius 1 is 1.35 bits per heavy atom. The summed E-state index contributed by atoms with van der Waals surface area (Å²) in [5.74, 6) is 0.466. The van der Waals surface area contributed by atoms with E-state index in [0.717, 1.165) is 11.3 Å². The van der Waals surface area contributed by atoms with Gasteiger partial charge in [0.15, 0.2) is 0 Å². The van der Waals surface area contributed by atoms with Crippen molar-refractivity contribution in [1.29, 1.82) is 0 Å². The maximum Gasteiger partial charge on any atom is 0.254 e. The fourth-order valence-corrected chi connectivity index (χ4v) is 2.54. The smallest absolute Gasteiger partial charge is 0.254 e. The average Bonchev–Trinajstić information content (AvgIpc) is 2.65. The Bertz CT molecular complexity index is 710. The van der Waals surface area contributed by atoms with Crippen molar-refractivity contribution in [3.8, 4) is 5.75 Å². The number of rotatable bonds is 7. The van der Waals surface area contributed by atoms with Crippen LogP contribution in [0.3, 0.4) is 0 Å². The number of nitrogens with zero attached hydrogens (tertiary/aromatic N) is 3. The quantitative estimate of drug-likeness (QED) is 0.593. The number of allylic oxidation sites excluding steroid dienone is 2. The molecule has 0 spiro atoms. The van der Waals surface area contributed by atoms with Crippen LogP contribution in [0.5, 0.6) is 5.75 Å². The molecule has 7 nitrogen and oxygen atoms in total. The third-order valence-electron chi connectivity index (χ3n) is 4.04. The maximum absolute atomic E-state index is 12.4. The highest BCUT2D eigenvalue weighted by Gasteiger charge is 2.40. The van der Waals surface area contributed by atoms with E-state index in [1.165, 1.54) is 11.1 Å². The molecule has 1 heterocycles. The molecular weight excluding hydrogens is 334 g/mol. The van der Waals surface area contributed by atoms with Crippen LogP contribution in [0.4, 0.5) is 0 Å². The molecule has 1 N–H and O–H groups in total. The van der Waals surface area contributed by atoms with Gasteiger partial charge in [0.2, 0.25) is 5.72 Å². The molecule has 0 aromatic heterocycles. The van der Waals surface area contributed by atoms with Gasteiger partial charge in [-0.15, -0.1) is 0 Å². The van der Waals surface area contributed by atoms with Gasteiger partial charge >= 0.3 is 0 Å². The molecule has 1 aromatic rings. The number of likely N-dealkylation sites (N-methyl/N-ethyl adjacent to an activating group) is 2. The topological polar surface area (TPSA) is 74.6 Å². The molecule has 1 aliphatic heterocycles. The summed E-state index contributed by atoms with van der Waals surface area (Å²) < 4.78 is 5.11. The Morgan fingerprint density at radius 3 is 2.62 bits per heavy atom. The average molecular weight is 359 g/mol. The highest BCUT2D eigenvalue weighted by molar-refractivity contribution is 6.00. The molecule has 0 radical (unpaired) electrons. The molecule has 1 aromatic carbocycles. The molecule has 0 fully saturated rings. The molecule has 1 unspecified atom stereocenters. The molecule has 7 heteroatoms. The van der Waals surface area contributed by atoms with E-state index in [2.05, 4.69) is 5.16 Å². The van der Waals surface area contributed by atoms with E-state index < -0.39 is 5.72 Å². The summed E-state index contributed by atoms with van der Waals surface area (Å²) in [6.45, 7) is 2.61. The number of ether oxygens (including phenoxy) is 1. The van der Waals surface area contributed by atoms with Crippen molar-refractivity contribution in [3.63, 3.8) is 0 Å². The van der Waals surface area contributed by atoms with Crippen molar-refractivity contribution in [2.45, 2.75) is 19.3 Å². The number of hydrogen-bond donors (Lipinski definition) is 1. The predicted molar refractivity (Wildman–Crippen MR) is 99.5 cm³/mol. The Kier molecular flexibility index (Phi) is 6.41. The van der Waals surface area contributed by atoms with Crippen LogP contribution in [0.25, 0.3) is 0 Å². The SMILES string of the molecule is CCN1C=CC=C(C(=O)N(C)C)C1(O)C=NOCc1ccc(OC)cc1. The van der Waals surface area contributed by atoms with E-state index in [1.54, 1.807) is 44.5 Å². The standard InChI is InChI=1S/C19H25N3O4/c1-5-22-12-6-7-17(18(23)21(2)3)19(22,24)14-20-26-13-15-8-10-16(25-4)11-9-15/h6-12,14,24H,5,13H2,1-4H3. The van der Waals surface area contributed by atoms with E-state index in [0.29, 0.717) is 6.54 Å². The fraction of sp³-hybridized carbons (Fsp3) is 0.368. The van der Waals surface area contributed by atoms with Gasteiger partial charge in [0.05, 0.1) is 12.7 Å². The van der Waals surface area contributed by atoms with Gasteiger partial charge < -0.3 is 24.5 Å². The van der Waals surface area contributed by atoms with Crippen LogP contribution >= 0.6 is 0 Å². The Hall–Kier alpha value is -2.80. The van der Waals surface area contributed by atoms with Crippen LogP contribution in [0.1, 0.15) is 12.5 Å². The minimum absolute atomic E-state index is 0.212. The zero-order valence-corrected chi connectivity index (χ0v) is 15.5.